The molecule has 0 bridgehead atoms. The highest BCUT2D eigenvalue weighted by Gasteiger charge is 2.64. The molecule has 9 nitrogen and oxygen atoms in total. The van der Waals surface area contributed by atoms with E-state index in [1.807, 2.05) is 50.3 Å². The van der Waals surface area contributed by atoms with Crippen LogP contribution < -0.4 is 0 Å². The molecule has 2 atom stereocenters. The lowest BCUT2D eigenvalue weighted by Gasteiger charge is -2.51. The molecule has 2 aliphatic rings. The summed E-state index contributed by atoms with van der Waals surface area (Å²) in [4.78, 5) is 49.5. The van der Waals surface area contributed by atoms with E-state index >= 15 is 0 Å². The molecule has 43 heavy (non-hydrogen) atoms. The number of allylic oxidation sites excluding steroid dienone is 1. The van der Waals surface area contributed by atoms with Gasteiger partial charge >= 0.3 is 6.09 Å². The third-order valence-electron chi connectivity index (χ3n) is 7.92. The first-order valence-electron chi connectivity index (χ1n) is 14.5. The second-order valence-corrected chi connectivity index (χ2v) is 13.0. The first-order chi connectivity index (χ1) is 20.2. The molecule has 1 N–H and O–H groups in total. The molecule has 1 unspecified atom stereocenters. The molecule has 0 spiro atoms. The quantitative estimate of drug-likeness (QED) is 0.331. The lowest BCUT2D eigenvalue weighted by Crippen LogP contribution is -2.75. The number of carbonyl (C=O) groups is 3. The molecule has 228 valence electrons. The first kappa shape index (κ1) is 30.8. The van der Waals surface area contributed by atoms with E-state index in [0.717, 1.165) is 16.2 Å². The average Bonchev–Trinajstić information content (AvgIpc) is 3.53. The maximum Gasteiger partial charge on any atom is 0.419 e. The Morgan fingerprint density at radius 3 is 2.49 bits per heavy atom. The Balaban J connectivity index is 1.60. The number of ether oxygens (including phenoxy) is 1. The van der Waals surface area contributed by atoms with E-state index in [4.69, 9.17) is 21.2 Å². The van der Waals surface area contributed by atoms with Crippen LogP contribution in [0.5, 0.6) is 0 Å². The number of benzene rings is 2. The van der Waals surface area contributed by atoms with Crippen LogP contribution >= 0.6 is 11.6 Å². The van der Waals surface area contributed by atoms with Gasteiger partial charge in [0.15, 0.2) is 0 Å². The predicted octanol–water partition coefficient (Wildman–Crippen LogP) is 6.00. The minimum Gasteiger partial charge on any atom is -0.443 e. The lowest BCUT2D eigenvalue weighted by molar-refractivity contribution is -0.295. The molecule has 2 aliphatic heterocycles. The van der Waals surface area contributed by atoms with Crippen LogP contribution in [0.25, 0.3) is 10.9 Å². The normalized spacial score (nSPS) is 22.2. The number of nitrogens with zero attached hydrogens (tertiary/aromatic N) is 3. The van der Waals surface area contributed by atoms with Gasteiger partial charge in [0.25, 0.3) is 11.8 Å². The molecule has 0 aliphatic carbocycles. The third-order valence-corrected chi connectivity index (χ3v) is 8.16. The smallest absolute Gasteiger partial charge is 0.419 e. The van der Waals surface area contributed by atoms with Crippen molar-refractivity contribution in [3.8, 4) is 0 Å². The van der Waals surface area contributed by atoms with E-state index in [0.29, 0.717) is 47.3 Å². The Labute approximate surface area is 256 Å². The summed E-state index contributed by atoms with van der Waals surface area (Å²) in [6.45, 7) is 9.48. The zero-order chi connectivity index (χ0) is 31.2. The van der Waals surface area contributed by atoms with Crippen molar-refractivity contribution in [2.24, 2.45) is 0 Å². The van der Waals surface area contributed by atoms with Crippen molar-refractivity contribution in [3.63, 3.8) is 0 Å². The van der Waals surface area contributed by atoms with Crippen molar-refractivity contribution in [2.75, 3.05) is 6.54 Å². The van der Waals surface area contributed by atoms with E-state index in [1.54, 1.807) is 39.0 Å². The summed E-state index contributed by atoms with van der Waals surface area (Å²) in [6.07, 6.45) is 3.90. The van der Waals surface area contributed by atoms with E-state index in [1.165, 1.54) is 15.7 Å². The second-order valence-electron chi connectivity index (χ2n) is 12.6. The molecule has 2 amide bonds. The maximum atomic E-state index is 14.4. The highest BCUT2D eigenvalue weighted by Crippen LogP contribution is 2.44. The average molecular weight is 608 g/mol. The second kappa shape index (κ2) is 11.4. The summed E-state index contributed by atoms with van der Waals surface area (Å²) in [5.41, 5.74) is -1.60. The molecular weight excluding hydrogens is 570 g/mol. The largest absolute Gasteiger partial charge is 0.443 e. The zero-order valence-corrected chi connectivity index (χ0v) is 26.0. The highest BCUT2D eigenvalue weighted by atomic mass is 35.5. The molecule has 3 heterocycles. The van der Waals surface area contributed by atoms with Crippen LogP contribution in [0.15, 0.2) is 66.4 Å². The molecule has 2 aromatic carbocycles. The SMILES string of the molecule is CC(C)=CC[C@@]12CCCN1C(=O)C(O)(Cc1cn(C(=O)OC(C)(C)C)c3cc(Cl)ccc13)N(OCc1ccccc1)C2=O. The van der Waals surface area contributed by atoms with Crippen molar-refractivity contribution >= 4 is 40.4 Å². The van der Waals surface area contributed by atoms with Crippen molar-refractivity contribution in [2.45, 2.75) is 83.8 Å². The summed E-state index contributed by atoms with van der Waals surface area (Å²) >= 11 is 6.30. The molecule has 2 saturated heterocycles. The molecule has 10 heteroatoms. The highest BCUT2D eigenvalue weighted by molar-refractivity contribution is 6.31. The van der Waals surface area contributed by atoms with E-state index < -0.39 is 34.8 Å². The van der Waals surface area contributed by atoms with E-state index in [-0.39, 0.29) is 13.0 Å². The summed E-state index contributed by atoms with van der Waals surface area (Å²) in [5.74, 6) is -1.09. The van der Waals surface area contributed by atoms with Crippen LogP contribution in [0.1, 0.15) is 65.0 Å². The van der Waals surface area contributed by atoms with Gasteiger partial charge in [0.1, 0.15) is 17.7 Å². The zero-order valence-electron chi connectivity index (χ0n) is 25.2. The van der Waals surface area contributed by atoms with Gasteiger partial charge in [-0.15, -0.1) is 0 Å². The standard InChI is InChI=1S/C33H38ClN3O6/c1-22(2)14-16-32-15-9-17-36(32)29(39)33(41,37(28(32)38)42-21-23-10-7-6-8-11-23)19-24-20-35(30(40)43-31(3,4)5)27-18-25(34)12-13-26(24)27/h6-8,10-14,18,20,41H,9,15-17,19,21H2,1-5H3/t32-,33?/m1/s1. The molecule has 3 aromatic rings. The summed E-state index contributed by atoms with van der Waals surface area (Å²) in [7, 11) is 0. The van der Waals surface area contributed by atoms with Gasteiger partial charge in [0.2, 0.25) is 5.72 Å². The van der Waals surface area contributed by atoms with Gasteiger partial charge in [-0.25, -0.2) is 4.79 Å². The van der Waals surface area contributed by atoms with Crippen molar-refractivity contribution < 1.29 is 29.1 Å². The van der Waals surface area contributed by atoms with E-state index in [2.05, 4.69) is 0 Å². The number of aliphatic hydroxyl groups is 1. The lowest BCUT2D eigenvalue weighted by atomic mass is 9.84. The predicted molar refractivity (Wildman–Crippen MR) is 163 cm³/mol. The minimum absolute atomic E-state index is 0.0316. The Kier molecular flexibility index (Phi) is 8.19. The number of carbonyl (C=O) groups excluding carboxylic acids is 3. The maximum absolute atomic E-state index is 14.4. The summed E-state index contributed by atoms with van der Waals surface area (Å²) < 4.78 is 6.92. The Morgan fingerprint density at radius 2 is 1.81 bits per heavy atom. The topological polar surface area (TPSA) is 101 Å². The fourth-order valence-electron chi connectivity index (χ4n) is 5.89. The number of piperazine rings is 1. The molecule has 0 saturated carbocycles. The van der Waals surface area contributed by atoms with Crippen molar-refractivity contribution in [1.29, 1.82) is 0 Å². The summed E-state index contributed by atoms with van der Waals surface area (Å²) in [6, 6.07) is 14.3. The van der Waals surface area contributed by atoms with Crippen LogP contribution in [-0.4, -0.2) is 61.0 Å². The van der Waals surface area contributed by atoms with Gasteiger partial charge in [-0.2, -0.15) is 5.06 Å². The molecule has 2 fully saturated rings. The molecule has 5 rings (SSSR count). The van der Waals surface area contributed by atoms with Crippen LogP contribution in [0.4, 0.5) is 4.79 Å². The number of fused-ring (bicyclic) bond motifs is 2. The van der Waals surface area contributed by atoms with E-state index in [9.17, 15) is 19.5 Å². The number of hydroxylamine groups is 2. The van der Waals surface area contributed by atoms with Gasteiger partial charge in [-0.05, 0) is 77.1 Å². The van der Waals surface area contributed by atoms with Gasteiger partial charge in [-0.3, -0.25) is 19.0 Å². The van der Waals surface area contributed by atoms with Crippen LogP contribution in [-0.2, 0) is 32.2 Å². The van der Waals surface area contributed by atoms with Crippen LogP contribution in [0.3, 0.4) is 0 Å². The van der Waals surface area contributed by atoms with Crippen LogP contribution in [0, 0.1) is 0 Å². The third kappa shape index (κ3) is 5.81. The fourth-order valence-corrected chi connectivity index (χ4v) is 6.06. The molecular formula is C33H38ClN3O6. The van der Waals surface area contributed by atoms with Gasteiger partial charge in [0.05, 0.1) is 5.52 Å². The summed E-state index contributed by atoms with van der Waals surface area (Å²) in [5, 5.41) is 14.2. The Bertz CT molecular complexity index is 1590. The minimum atomic E-state index is -2.38. The number of amides is 2. The number of hydrogen-bond donors (Lipinski definition) is 1. The number of halogens is 1. The van der Waals surface area contributed by atoms with Crippen LogP contribution in [0.2, 0.25) is 5.02 Å². The van der Waals surface area contributed by atoms with Gasteiger partial charge < -0.3 is 14.7 Å². The number of aromatic nitrogens is 1. The van der Waals surface area contributed by atoms with Crippen molar-refractivity contribution in [1.82, 2.24) is 14.5 Å². The monoisotopic (exact) mass is 607 g/mol. The Hall–Kier alpha value is -3.66. The number of hydrogen-bond acceptors (Lipinski definition) is 6. The van der Waals surface area contributed by atoms with Gasteiger partial charge in [-0.1, -0.05) is 59.6 Å². The number of rotatable bonds is 7. The Morgan fingerprint density at radius 1 is 1.09 bits per heavy atom. The fraction of sp³-hybridized carbons (Fsp3) is 0.424. The first-order valence-corrected chi connectivity index (χ1v) is 14.9. The van der Waals surface area contributed by atoms with Crippen molar-refractivity contribution in [3.05, 3.63) is 82.5 Å². The van der Waals surface area contributed by atoms with Gasteiger partial charge in [0, 0.05) is 29.6 Å². The molecule has 1 aromatic heterocycles. The molecule has 0 radical (unpaired) electrons.